The van der Waals surface area contributed by atoms with Crippen molar-refractivity contribution in [3.8, 4) is 0 Å². The summed E-state index contributed by atoms with van der Waals surface area (Å²) in [7, 11) is 2.03. The summed E-state index contributed by atoms with van der Waals surface area (Å²) in [5, 5.41) is 0.638. The number of para-hydroxylation sites is 1. The van der Waals surface area contributed by atoms with Crippen molar-refractivity contribution in [2.75, 3.05) is 31.6 Å². The molecule has 0 saturated carbocycles. The standard InChI is InChI=1S/C21H25N5O/c1-25(21-23-19-8-3-2-7-18(19)20(27)24-21)17-10-14-26(15-11-17)13-9-16-6-4-5-12-22-16/h2-8,12,17H,9-11,13-15H2,1H3,(H,23,24,27). The predicted molar refractivity (Wildman–Crippen MR) is 108 cm³/mol. The molecule has 0 bridgehead atoms. The van der Waals surface area contributed by atoms with E-state index in [9.17, 15) is 4.79 Å². The summed E-state index contributed by atoms with van der Waals surface area (Å²) >= 11 is 0. The van der Waals surface area contributed by atoms with Crippen LogP contribution in [0, 0.1) is 0 Å². The highest BCUT2D eigenvalue weighted by Crippen LogP contribution is 2.20. The maximum absolute atomic E-state index is 12.3. The molecule has 1 aliphatic rings. The number of H-pyrrole nitrogens is 1. The van der Waals surface area contributed by atoms with Crippen LogP contribution in [0.3, 0.4) is 0 Å². The van der Waals surface area contributed by atoms with Crippen LogP contribution in [0.5, 0.6) is 0 Å². The molecule has 3 aromatic rings. The topological polar surface area (TPSA) is 65.1 Å². The van der Waals surface area contributed by atoms with E-state index in [1.807, 2.05) is 49.6 Å². The van der Waals surface area contributed by atoms with Crippen molar-refractivity contribution in [1.82, 2.24) is 19.9 Å². The molecule has 1 aliphatic heterocycles. The molecular weight excluding hydrogens is 338 g/mol. The number of hydrogen-bond acceptors (Lipinski definition) is 5. The zero-order chi connectivity index (χ0) is 18.6. The molecule has 4 rings (SSSR count). The Kier molecular flexibility index (Phi) is 5.16. The molecular formula is C21H25N5O. The molecule has 1 aromatic carbocycles. The first-order valence-electron chi connectivity index (χ1n) is 9.55. The second-order valence-electron chi connectivity index (χ2n) is 7.16. The molecule has 0 spiro atoms. The van der Waals surface area contributed by atoms with Crippen molar-refractivity contribution in [3.63, 3.8) is 0 Å². The zero-order valence-corrected chi connectivity index (χ0v) is 15.6. The van der Waals surface area contributed by atoms with Gasteiger partial charge in [-0.1, -0.05) is 18.2 Å². The minimum atomic E-state index is -0.0738. The summed E-state index contributed by atoms with van der Waals surface area (Å²) in [6.07, 6.45) is 4.97. The largest absolute Gasteiger partial charge is 0.342 e. The van der Waals surface area contributed by atoms with E-state index in [0.29, 0.717) is 17.4 Å². The molecule has 140 valence electrons. The summed E-state index contributed by atoms with van der Waals surface area (Å²) in [6.45, 7) is 3.15. The molecule has 6 heteroatoms. The number of nitrogens with one attached hydrogen (secondary N) is 1. The summed E-state index contributed by atoms with van der Waals surface area (Å²) in [5.74, 6) is 0.658. The van der Waals surface area contributed by atoms with Crippen LogP contribution < -0.4 is 10.5 Å². The van der Waals surface area contributed by atoms with Gasteiger partial charge in [0.15, 0.2) is 0 Å². The van der Waals surface area contributed by atoms with Crippen molar-refractivity contribution in [1.29, 1.82) is 0 Å². The molecule has 1 N–H and O–H groups in total. The van der Waals surface area contributed by atoms with Gasteiger partial charge in [-0.2, -0.15) is 0 Å². The molecule has 3 heterocycles. The van der Waals surface area contributed by atoms with E-state index in [1.165, 1.54) is 0 Å². The number of anilines is 1. The first-order chi connectivity index (χ1) is 13.2. The molecule has 2 aromatic heterocycles. The van der Waals surface area contributed by atoms with Gasteiger partial charge in [-0.3, -0.25) is 14.8 Å². The molecule has 0 amide bonds. The molecule has 1 saturated heterocycles. The van der Waals surface area contributed by atoms with Gasteiger partial charge in [-0.25, -0.2) is 4.98 Å². The van der Waals surface area contributed by atoms with Crippen LogP contribution in [-0.2, 0) is 6.42 Å². The van der Waals surface area contributed by atoms with E-state index < -0.39 is 0 Å². The maximum atomic E-state index is 12.3. The van der Waals surface area contributed by atoms with E-state index in [0.717, 1.165) is 50.1 Å². The predicted octanol–water partition coefficient (Wildman–Crippen LogP) is 2.46. The lowest BCUT2D eigenvalue weighted by Crippen LogP contribution is -2.44. The second-order valence-corrected chi connectivity index (χ2v) is 7.16. The van der Waals surface area contributed by atoms with Gasteiger partial charge in [-0.15, -0.1) is 0 Å². The Morgan fingerprint density at radius 3 is 2.70 bits per heavy atom. The van der Waals surface area contributed by atoms with Crippen LogP contribution in [0.4, 0.5) is 5.95 Å². The third-order valence-corrected chi connectivity index (χ3v) is 5.45. The van der Waals surface area contributed by atoms with Gasteiger partial charge in [-0.05, 0) is 37.1 Å². The van der Waals surface area contributed by atoms with Gasteiger partial charge >= 0.3 is 0 Å². The van der Waals surface area contributed by atoms with Crippen LogP contribution in [-0.4, -0.2) is 52.6 Å². The Labute approximate surface area is 158 Å². The van der Waals surface area contributed by atoms with E-state index in [4.69, 9.17) is 0 Å². The summed E-state index contributed by atoms with van der Waals surface area (Å²) < 4.78 is 0. The van der Waals surface area contributed by atoms with Gasteiger partial charge < -0.3 is 9.80 Å². The number of piperidine rings is 1. The van der Waals surface area contributed by atoms with Gasteiger partial charge in [0.1, 0.15) is 0 Å². The third-order valence-electron chi connectivity index (χ3n) is 5.45. The van der Waals surface area contributed by atoms with Crippen molar-refractivity contribution < 1.29 is 0 Å². The van der Waals surface area contributed by atoms with Crippen LogP contribution in [0.2, 0.25) is 0 Å². The average Bonchev–Trinajstić information content (AvgIpc) is 2.73. The highest BCUT2D eigenvalue weighted by molar-refractivity contribution is 5.78. The first kappa shape index (κ1) is 17.7. The molecule has 0 aliphatic carbocycles. The molecule has 0 unspecified atom stereocenters. The summed E-state index contributed by atoms with van der Waals surface area (Å²) in [4.78, 5) is 28.9. The summed E-state index contributed by atoms with van der Waals surface area (Å²) in [5.41, 5.74) is 1.82. The summed E-state index contributed by atoms with van der Waals surface area (Å²) in [6, 6.07) is 14.0. The lowest BCUT2D eigenvalue weighted by atomic mass is 10.0. The van der Waals surface area contributed by atoms with E-state index in [-0.39, 0.29) is 5.56 Å². The second kappa shape index (κ2) is 7.88. The Morgan fingerprint density at radius 1 is 1.15 bits per heavy atom. The molecule has 27 heavy (non-hydrogen) atoms. The first-order valence-corrected chi connectivity index (χ1v) is 9.55. The smallest absolute Gasteiger partial charge is 0.260 e. The third kappa shape index (κ3) is 4.01. The number of aromatic nitrogens is 3. The van der Waals surface area contributed by atoms with E-state index in [1.54, 1.807) is 0 Å². The maximum Gasteiger partial charge on any atom is 0.260 e. The normalized spacial score (nSPS) is 15.9. The van der Waals surface area contributed by atoms with Crippen LogP contribution in [0.25, 0.3) is 10.9 Å². The van der Waals surface area contributed by atoms with Gasteiger partial charge in [0.2, 0.25) is 5.95 Å². The van der Waals surface area contributed by atoms with Gasteiger partial charge in [0, 0.05) is 51.0 Å². The molecule has 0 atom stereocenters. The van der Waals surface area contributed by atoms with E-state index in [2.05, 4.69) is 30.8 Å². The molecule has 1 fully saturated rings. The number of benzene rings is 1. The van der Waals surface area contributed by atoms with Crippen LogP contribution >= 0.6 is 0 Å². The SMILES string of the molecule is CN(c1nc2ccccc2c(=O)[nH]1)C1CCN(CCc2ccccn2)CC1. The lowest BCUT2D eigenvalue weighted by Gasteiger charge is -2.37. The van der Waals surface area contributed by atoms with Gasteiger partial charge in [0.25, 0.3) is 5.56 Å². The Morgan fingerprint density at radius 2 is 1.93 bits per heavy atom. The quantitative estimate of drug-likeness (QED) is 0.754. The number of fused-ring (bicyclic) bond motifs is 1. The average molecular weight is 363 g/mol. The van der Waals surface area contributed by atoms with Crippen molar-refractivity contribution in [3.05, 3.63) is 64.7 Å². The minimum Gasteiger partial charge on any atom is -0.342 e. The van der Waals surface area contributed by atoms with Crippen molar-refractivity contribution in [2.24, 2.45) is 0 Å². The Balaban J connectivity index is 1.37. The van der Waals surface area contributed by atoms with E-state index >= 15 is 0 Å². The molecule has 0 radical (unpaired) electrons. The number of hydrogen-bond donors (Lipinski definition) is 1. The Hall–Kier alpha value is -2.73. The monoisotopic (exact) mass is 363 g/mol. The fourth-order valence-corrected chi connectivity index (χ4v) is 3.76. The Bertz CT molecular complexity index is 947. The highest BCUT2D eigenvalue weighted by atomic mass is 16.1. The number of likely N-dealkylation sites (tertiary alicyclic amines) is 1. The zero-order valence-electron chi connectivity index (χ0n) is 15.6. The van der Waals surface area contributed by atoms with Crippen LogP contribution in [0.15, 0.2) is 53.5 Å². The fraction of sp³-hybridized carbons (Fsp3) is 0.381. The van der Waals surface area contributed by atoms with Crippen molar-refractivity contribution >= 4 is 16.9 Å². The number of aromatic amines is 1. The van der Waals surface area contributed by atoms with Crippen LogP contribution in [0.1, 0.15) is 18.5 Å². The molecule has 6 nitrogen and oxygen atoms in total. The number of nitrogens with zero attached hydrogens (tertiary/aromatic N) is 4. The lowest BCUT2D eigenvalue weighted by molar-refractivity contribution is 0.212. The minimum absolute atomic E-state index is 0.0738. The van der Waals surface area contributed by atoms with Crippen molar-refractivity contribution in [2.45, 2.75) is 25.3 Å². The van der Waals surface area contributed by atoms with Gasteiger partial charge in [0.05, 0.1) is 10.9 Å². The fourth-order valence-electron chi connectivity index (χ4n) is 3.76. The highest BCUT2D eigenvalue weighted by Gasteiger charge is 2.24. The number of rotatable bonds is 5. The number of pyridine rings is 1.